The molecule has 0 aromatic rings. The zero-order valence-corrected chi connectivity index (χ0v) is 12.6. The van der Waals surface area contributed by atoms with E-state index < -0.39 is 0 Å². The molecule has 0 aromatic carbocycles. The maximum absolute atomic E-state index is 9.59. The number of hydrogen-bond donors (Lipinski definition) is 1. The van der Waals surface area contributed by atoms with Crippen LogP contribution in [0.15, 0.2) is 0 Å². The van der Waals surface area contributed by atoms with E-state index in [0.29, 0.717) is 19.1 Å². The predicted octanol–water partition coefficient (Wildman–Crippen LogP) is 2.38. The van der Waals surface area contributed by atoms with E-state index in [-0.39, 0.29) is 18.3 Å². The van der Waals surface area contributed by atoms with Gasteiger partial charge in [0.25, 0.3) is 0 Å². The Hall–Kier alpha value is -0.160. The molecular weight excluding hydrogens is 244 g/mol. The van der Waals surface area contributed by atoms with Crippen LogP contribution in [0.3, 0.4) is 0 Å². The van der Waals surface area contributed by atoms with Gasteiger partial charge in [0.2, 0.25) is 0 Å². The number of aliphatic hydroxyl groups excluding tert-OH is 1. The summed E-state index contributed by atoms with van der Waals surface area (Å²) < 4.78 is 16.8. The number of aliphatic hydroxyl groups is 1. The smallest absolute Gasteiger partial charge is 0.0781 e. The molecule has 1 aliphatic carbocycles. The van der Waals surface area contributed by atoms with Crippen LogP contribution < -0.4 is 0 Å². The molecule has 0 aliphatic heterocycles. The van der Waals surface area contributed by atoms with Gasteiger partial charge in [-0.1, -0.05) is 6.42 Å². The molecule has 4 nitrogen and oxygen atoms in total. The molecule has 19 heavy (non-hydrogen) atoms. The van der Waals surface area contributed by atoms with Gasteiger partial charge in [0.15, 0.2) is 0 Å². The summed E-state index contributed by atoms with van der Waals surface area (Å²) in [5, 5.41) is 9.59. The summed E-state index contributed by atoms with van der Waals surface area (Å²) in [4.78, 5) is 0. The van der Waals surface area contributed by atoms with Gasteiger partial charge in [-0.05, 0) is 46.0 Å². The summed E-state index contributed by atoms with van der Waals surface area (Å²) in [6.45, 7) is 8.72. The highest BCUT2D eigenvalue weighted by Crippen LogP contribution is 2.24. The van der Waals surface area contributed by atoms with E-state index in [2.05, 4.69) is 0 Å². The highest BCUT2D eigenvalue weighted by molar-refractivity contribution is 4.71. The molecule has 0 saturated heterocycles. The van der Waals surface area contributed by atoms with Gasteiger partial charge < -0.3 is 19.3 Å². The van der Waals surface area contributed by atoms with Crippen molar-refractivity contribution in [3.8, 4) is 0 Å². The Kier molecular flexibility index (Phi) is 8.62. The fourth-order valence-corrected chi connectivity index (χ4v) is 2.50. The average Bonchev–Trinajstić information content (AvgIpc) is 2.37. The van der Waals surface area contributed by atoms with Gasteiger partial charge in [0, 0.05) is 13.2 Å². The normalized spacial score (nSPS) is 27.2. The van der Waals surface area contributed by atoms with Crippen molar-refractivity contribution in [1.82, 2.24) is 0 Å². The van der Waals surface area contributed by atoms with Crippen molar-refractivity contribution in [2.75, 3.05) is 26.4 Å². The fraction of sp³-hybridized carbons (Fsp3) is 1.00. The summed E-state index contributed by atoms with van der Waals surface area (Å²) in [6.07, 6.45) is 4.24. The van der Waals surface area contributed by atoms with Crippen molar-refractivity contribution in [3.63, 3.8) is 0 Å². The average molecular weight is 274 g/mol. The second-order valence-corrected chi connectivity index (χ2v) is 5.63. The molecule has 0 bridgehead atoms. The molecule has 1 rings (SSSR count). The maximum atomic E-state index is 9.59. The molecule has 0 aromatic heterocycles. The molecule has 1 N–H and O–H groups in total. The topological polar surface area (TPSA) is 47.9 Å². The van der Waals surface area contributed by atoms with Gasteiger partial charge >= 0.3 is 0 Å². The lowest BCUT2D eigenvalue weighted by Crippen LogP contribution is -2.26. The van der Waals surface area contributed by atoms with E-state index in [1.165, 1.54) is 6.42 Å². The zero-order chi connectivity index (χ0) is 14.1. The SMILES string of the molecule is CCOC(C)COC(C)COCC1CCC[C@@H](O)C1. The molecule has 4 atom stereocenters. The quantitative estimate of drug-likeness (QED) is 0.701. The van der Waals surface area contributed by atoms with Crippen molar-refractivity contribution in [2.24, 2.45) is 5.92 Å². The van der Waals surface area contributed by atoms with E-state index in [4.69, 9.17) is 14.2 Å². The Morgan fingerprint density at radius 2 is 1.84 bits per heavy atom. The number of hydrogen-bond acceptors (Lipinski definition) is 4. The van der Waals surface area contributed by atoms with Crippen molar-refractivity contribution >= 4 is 0 Å². The third kappa shape index (κ3) is 7.88. The van der Waals surface area contributed by atoms with Crippen LogP contribution in [0.25, 0.3) is 0 Å². The van der Waals surface area contributed by atoms with Crippen LogP contribution in [0.4, 0.5) is 0 Å². The van der Waals surface area contributed by atoms with Gasteiger partial charge in [-0.25, -0.2) is 0 Å². The van der Waals surface area contributed by atoms with Gasteiger partial charge in [0.1, 0.15) is 0 Å². The standard InChI is InChI=1S/C15H30O4/c1-4-18-13(3)10-19-12(2)9-17-11-14-6-5-7-15(16)8-14/h12-16H,4-11H2,1-3H3/t12?,13?,14?,15-/m1/s1. The number of rotatable bonds is 9. The Labute approximate surface area is 117 Å². The minimum atomic E-state index is -0.122. The molecule has 1 aliphatic rings. The summed E-state index contributed by atoms with van der Waals surface area (Å²) >= 11 is 0. The van der Waals surface area contributed by atoms with Crippen LogP contribution >= 0.6 is 0 Å². The first-order valence-electron chi connectivity index (χ1n) is 7.60. The van der Waals surface area contributed by atoms with Gasteiger partial charge in [-0.2, -0.15) is 0 Å². The van der Waals surface area contributed by atoms with E-state index >= 15 is 0 Å². The first-order valence-corrected chi connectivity index (χ1v) is 7.60. The summed E-state index contributed by atoms with van der Waals surface area (Å²) in [5.41, 5.74) is 0. The molecule has 1 saturated carbocycles. The van der Waals surface area contributed by atoms with E-state index in [9.17, 15) is 5.11 Å². The molecule has 0 heterocycles. The largest absolute Gasteiger partial charge is 0.393 e. The van der Waals surface area contributed by atoms with Crippen LogP contribution in [-0.2, 0) is 14.2 Å². The first kappa shape index (κ1) is 16.9. The van der Waals surface area contributed by atoms with Gasteiger partial charge in [-0.3, -0.25) is 0 Å². The molecule has 4 heteroatoms. The lowest BCUT2D eigenvalue weighted by Gasteiger charge is -2.26. The molecule has 3 unspecified atom stereocenters. The van der Waals surface area contributed by atoms with Crippen LogP contribution in [0.1, 0.15) is 46.5 Å². The van der Waals surface area contributed by atoms with Crippen LogP contribution in [-0.4, -0.2) is 49.8 Å². The molecule has 0 spiro atoms. The Balaban J connectivity index is 2.01. The highest BCUT2D eigenvalue weighted by atomic mass is 16.6. The van der Waals surface area contributed by atoms with Crippen molar-refractivity contribution in [3.05, 3.63) is 0 Å². The summed E-state index contributed by atoms with van der Waals surface area (Å²) in [7, 11) is 0. The van der Waals surface area contributed by atoms with Gasteiger partial charge in [0.05, 0.1) is 31.5 Å². The Morgan fingerprint density at radius 3 is 2.53 bits per heavy atom. The molecule has 114 valence electrons. The zero-order valence-electron chi connectivity index (χ0n) is 12.6. The molecule has 0 amide bonds. The second kappa shape index (κ2) is 9.70. The highest BCUT2D eigenvalue weighted by Gasteiger charge is 2.20. The van der Waals surface area contributed by atoms with Crippen molar-refractivity contribution < 1.29 is 19.3 Å². The maximum Gasteiger partial charge on any atom is 0.0781 e. The van der Waals surface area contributed by atoms with Crippen molar-refractivity contribution in [2.45, 2.75) is 64.8 Å². The summed E-state index contributed by atoms with van der Waals surface area (Å²) in [6, 6.07) is 0. The predicted molar refractivity (Wildman–Crippen MR) is 75.3 cm³/mol. The van der Waals surface area contributed by atoms with Crippen LogP contribution in [0.5, 0.6) is 0 Å². The Morgan fingerprint density at radius 1 is 1.11 bits per heavy atom. The summed E-state index contributed by atoms with van der Waals surface area (Å²) in [5.74, 6) is 0.512. The minimum absolute atomic E-state index is 0.0939. The molecule has 0 radical (unpaired) electrons. The monoisotopic (exact) mass is 274 g/mol. The molecular formula is C15H30O4. The Bertz CT molecular complexity index is 222. The fourth-order valence-electron chi connectivity index (χ4n) is 2.50. The molecule has 1 fully saturated rings. The first-order chi connectivity index (χ1) is 9.11. The van der Waals surface area contributed by atoms with E-state index in [1.807, 2.05) is 20.8 Å². The third-order valence-electron chi connectivity index (χ3n) is 3.53. The van der Waals surface area contributed by atoms with E-state index in [1.54, 1.807) is 0 Å². The second-order valence-electron chi connectivity index (χ2n) is 5.63. The van der Waals surface area contributed by atoms with Crippen LogP contribution in [0.2, 0.25) is 0 Å². The minimum Gasteiger partial charge on any atom is -0.393 e. The van der Waals surface area contributed by atoms with Crippen LogP contribution in [0, 0.1) is 5.92 Å². The van der Waals surface area contributed by atoms with E-state index in [0.717, 1.165) is 32.5 Å². The van der Waals surface area contributed by atoms with Crippen molar-refractivity contribution in [1.29, 1.82) is 0 Å². The lowest BCUT2D eigenvalue weighted by molar-refractivity contribution is -0.0616. The number of ether oxygens (including phenoxy) is 3. The van der Waals surface area contributed by atoms with Gasteiger partial charge in [-0.15, -0.1) is 0 Å². The third-order valence-corrected chi connectivity index (χ3v) is 3.53. The lowest BCUT2D eigenvalue weighted by atomic mass is 9.88.